The third kappa shape index (κ3) is 4.09. The van der Waals surface area contributed by atoms with Gasteiger partial charge in [-0.3, -0.25) is 4.79 Å². The van der Waals surface area contributed by atoms with Crippen molar-refractivity contribution < 1.29 is 23.1 Å². The zero-order valence-corrected chi connectivity index (χ0v) is 16.8. The van der Waals surface area contributed by atoms with Gasteiger partial charge in [0.15, 0.2) is 0 Å². The number of hydrogen-bond acceptors (Lipinski definition) is 4. The predicted molar refractivity (Wildman–Crippen MR) is 105 cm³/mol. The van der Waals surface area contributed by atoms with Crippen LogP contribution >= 0.6 is 11.3 Å². The average Bonchev–Trinajstić information content (AvgIpc) is 2.99. The summed E-state index contributed by atoms with van der Waals surface area (Å²) in [7, 11) is 0. The van der Waals surface area contributed by atoms with Crippen molar-refractivity contribution in [1.82, 2.24) is 0 Å². The van der Waals surface area contributed by atoms with Crippen LogP contribution < -0.4 is 5.32 Å². The molecule has 1 aliphatic carbocycles. The highest BCUT2D eigenvalue weighted by Gasteiger charge is 2.31. The lowest BCUT2D eigenvalue weighted by atomic mass is 9.84. The molecule has 1 heterocycles. The number of esters is 1. The number of thiophene rings is 1. The Bertz CT molecular complexity index is 874. The van der Waals surface area contributed by atoms with Gasteiger partial charge >= 0.3 is 5.97 Å². The van der Waals surface area contributed by atoms with Crippen LogP contribution in [0.3, 0.4) is 0 Å². The molecule has 7 heteroatoms. The number of carbonyl (C=O) groups excluding carboxylic acids is 2. The lowest BCUT2D eigenvalue weighted by molar-refractivity contribution is 0.0526. The van der Waals surface area contributed by atoms with Gasteiger partial charge < -0.3 is 10.1 Å². The zero-order valence-electron chi connectivity index (χ0n) is 15.9. The fourth-order valence-corrected chi connectivity index (χ4v) is 5.04. The molecule has 0 saturated heterocycles. The molecule has 2 aromatic rings. The molecule has 4 nitrogen and oxygen atoms in total. The molecule has 0 radical (unpaired) electrons. The number of halogens is 2. The highest BCUT2D eigenvalue weighted by Crippen LogP contribution is 2.41. The summed E-state index contributed by atoms with van der Waals surface area (Å²) in [6, 6.07) is 3.25. The minimum absolute atomic E-state index is 0.206. The molecule has 1 atom stereocenters. The Morgan fingerprint density at radius 2 is 1.93 bits per heavy atom. The number of carbonyl (C=O) groups is 2. The molecule has 0 fully saturated rings. The first-order valence-electron chi connectivity index (χ1n) is 9.53. The van der Waals surface area contributed by atoms with Crippen molar-refractivity contribution >= 4 is 28.2 Å². The lowest BCUT2D eigenvalue weighted by Crippen LogP contribution is -2.18. The van der Waals surface area contributed by atoms with Crippen molar-refractivity contribution in [2.45, 2.75) is 46.0 Å². The van der Waals surface area contributed by atoms with Gasteiger partial charge in [-0.2, -0.15) is 0 Å². The molecule has 3 rings (SSSR count). The lowest BCUT2D eigenvalue weighted by Gasteiger charge is -2.21. The molecule has 1 N–H and O–H groups in total. The summed E-state index contributed by atoms with van der Waals surface area (Å²) >= 11 is 1.30. The van der Waals surface area contributed by atoms with E-state index in [9.17, 15) is 18.4 Å². The molecular weight excluding hydrogens is 384 g/mol. The number of amides is 1. The van der Waals surface area contributed by atoms with Gasteiger partial charge in [0.2, 0.25) is 0 Å². The molecule has 1 aromatic heterocycles. The van der Waals surface area contributed by atoms with Gasteiger partial charge in [-0.05, 0) is 49.8 Å². The fraction of sp³-hybridized carbons (Fsp3) is 0.429. The van der Waals surface area contributed by atoms with Crippen LogP contribution in [-0.4, -0.2) is 18.5 Å². The van der Waals surface area contributed by atoms with Gasteiger partial charge in [0.25, 0.3) is 5.91 Å². The first-order valence-corrected chi connectivity index (χ1v) is 10.3. The topological polar surface area (TPSA) is 55.4 Å². The SMILES string of the molecule is CCCC1CCc2c(sc(NC(=O)c3c(F)cccc3F)c2C(=O)OCC)C1. The highest BCUT2D eigenvalue weighted by molar-refractivity contribution is 7.17. The largest absolute Gasteiger partial charge is 0.462 e. The molecule has 1 amide bonds. The maximum atomic E-state index is 14.0. The predicted octanol–water partition coefficient (Wildman–Crippen LogP) is 5.36. The maximum Gasteiger partial charge on any atom is 0.341 e. The third-order valence-electron chi connectivity index (χ3n) is 4.96. The first kappa shape index (κ1) is 20.5. The van der Waals surface area contributed by atoms with Crippen molar-refractivity contribution in [3.63, 3.8) is 0 Å². The van der Waals surface area contributed by atoms with Crippen molar-refractivity contribution in [2.75, 3.05) is 11.9 Å². The van der Waals surface area contributed by atoms with Gasteiger partial charge in [-0.25, -0.2) is 13.6 Å². The summed E-state index contributed by atoms with van der Waals surface area (Å²) in [5.74, 6) is -2.78. The minimum Gasteiger partial charge on any atom is -0.462 e. The fourth-order valence-electron chi connectivity index (χ4n) is 3.70. The van der Waals surface area contributed by atoms with Gasteiger partial charge in [-0.15, -0.1) is 11.3 Å². The van der Waals surface area contributed by atoms with E-state index in [-0.39, 0.29) is 6.61 Å². The standard InChI is InChI=1S/C21H23F2NO3S/c1-3-6-12-9-10-13-16(11-12)28-20(17(13)21(26)27-4-2)24-19(25)18-14(22)7-5-8-15(18)23/h5,7-8,12H,3-4,6,9-11H2,1-2H3,(H,24,25). The zero-order chi connectivity index (χ0) is 20.3. The average molecular weight is 407 g/mol. The molecule has 0 aliphatic heterocycles. The Hall–Kier alpha value is -2.28. The van der Waals surface area contributed by atoms with Crippen LogP contribution in [0.2, 0.25) is 0 Å². The van der Waals surface area contributed by atoms with E-state index in [2.05, 4.69) is 12.2 Å². The first-order chi connectivity index (χ1) is 13.5. The smallest absolute Gasteiger partial charge is 0.341 e. The normalized spacial score (nSPS) is 15.8. The third-order valence-corrected chi connectivity index (χ3v) is 6.13. The quantitative estimate of drug-likeness (QED) is 0.656. The van der Waals surface area contributed by atoms with E-state index in [0.29, 0.717) is 16.5 Å². The Morgan fingerprint density at radius 1 is 1.21 bits per heavy atom. The molecule has 150 valence electrons. The summed E-state index contributed by atoms with van der Waals surface area (Å²) in [5.41, 5.74) is 0.551. The maximum absolute atomic E-state index is 14.0. The Balaban J connectivity index is 1.96. The van der Waals surface area contributed by atoms with Crippen LogP contribution in [0.4, 0.5) is 13.8 Å². The monoisotopic (exact) mass is 407 g/mol. The van der Waals surface area contributed by atoms with E-state index in [1.165, 1.54) is 17.4 Å². The van der Waals surface area contributed by atoms with Crippen LogP contribution in [0.5, 0.6) is 0 Å². The number of rotatable bonds is 6. The summed E-state index contributed by atoms with van der Waals surface area (Å²) in [5, 5.41) is 2.85. The molecule has 0 spiro atoms. The van der Waals surface area contributed by atoms with Crippen molar-refractivity contribution in [3.8, 4) is 0 Å². The van der Waals surface area contributed by atoms with Crippen molar-refractivity contribution in [1.29, 1.82) is 0 Å². The molecule has 0 bridgehead atoms. The van der Waals surface area contributed by atoms with Gasteiger partial charge in [-0.1, -0.05) is 25.8 Å². The number of benzene rings is 1. The van der Waals surface area contributed by atoms with E-state index in [0.717, 1.165) is 54.7 Å². The van der Waals surface area contributed by atoms with Crippen molar-refractivity contribution in [2.24, 2.45) is 5.92 Å². The molecule has 1 unspecified atom stereocenters. The van der Waals surface area contributed by atoms with E-state index < -0.39 is 29.1 Å². The Kier molecular flexibility index (Phi) is 6.44. The minimum atomic E-state index is -0.945. The summed E-state index contributed by atoms with van der Waals surface area (Å²) in [6.07, 6.45) is 4.73. The summed E-state index contributed by atoms with van der Waals surface area (Å²) in [6.45, 7) is 4.06. The van der Waals surface area contributed by atoms with Gasteiger partial charge in [0, 0.05) is 4.88 Å². The second kappa shape index (κ2) is 8.82. The molecular formula is C21H23F2NO3S. The number of fused-ring (bicyclic) bond motifs is 1. The number of ether oxygens (including phenoxy) is 1. The second-order valence-corrected chi connectivity index (χ2v) is 7.98. The molecule has 1 aliphatic rings. The molecule has 0 saturated carbocycles. The van der Waals surface area contributed by atoms with E-state index >= 15 is 0 Å². The number of nitrogens with one attached hydrogen (secondary N) is 1. The highest BCUT2D eigenvalue weighted by atomic mass is 32.1. The van der Waals surface area contributed by atoms with Crippen LogP contribution in [-0.2, 0) is 17.6 Å². The summed E-state index contributed by atoms with van der Waals surface area (Å²) in [4.78, 5) is 26.1. The number of hydrogen-bond donors (Lipinski definition) is 1. The Morgan fingerprint density at radius 3 is 2.57 bits per heavy atom. The van der Waals surface area contributed by atoms with Crippen LogP contribution in [0.1, 0.15) is 64.3 Å². The second-order valence-electron chi connectivity index (χ2n) is 6.88. The van der Waals surface area contributed by atoms with Gasteiger partial charge in [0.05, 0.1) is 12.2 Å². The number of anilines is 1. The summed E-state index contributed by atoms with van der Waals surface area (Å²) < 4.78 is 33.1. The van der Waals surface area contributed by atoms with E-state index in [1.54, 1.807) is 6.92 Å². The molecule has 28 heavy (non-hydrogen) atoms. The van der Waals surface area contributed by atoms with Gasteiger partial charge in [0.1, 0.15) is 22.2 Å². The van der Waals surface area contributed by atoms with E-state index in [1.807, 2.05) is 0 Å². The Labute approximate surface area is 166 Å². The van der Waals surface area contributed by atoms with Crippen LogP contribution in [0.15, 0.2) is 18.2 Å². The molecule has 1 aromatic carbocycles. The van der Waals surface area contributed by atoms with E-state index in [4.69, 9.17) is 4.74 Å². The van der Waals surface area contributed by atoms with Crippen LogP contribution in [0, 0.1) is 17.6 Å². The van der Waals surface area contributed by atoms with Crippen LogP contribution in [0.25, 0.3) is 0 Å². The van der Waals surface area contributed by atoms with Crippen molar-refractivity contribution in [3.05, 3.63) is 51.4 Å².